The summed E-state index contributed by atoms with van der Waals surface area (Å²) < 4.78 is 1.73. The van der Waals surface area contributed by atoms with E-state index in [0.717, 1.165) is 12.1 Å². The number of hydrogen-bond donors (Lipinski definition) is 1. The van der Waals surface area contributed by atoms with Gasteiger partial charge in [-0.2, -0.15) is 10.1 Å². The number of nitrogens with zero attached hydrogens (tertiary/aromatic N) is 3. The van der Waals surface area contributed by atoms with Gasteiger partial charge in [0, 0.05) is 12.2 Å². The van der Waals surface area contributed by atoms with Crippen molar-refractivity contribution >= 4 is 6.03 Å². The van der Waals surface area contributed by atoms with Crippen LogP contribution < -0.4 is 10.7 Å². The molecule has 0 saturated carbocycles. The monoisotopic (exact) mass is 270 g/mol. The molecule has 5 nitrogen and oxygen atoms in total. The van der Waals surface area contributed by atoms with E-state index in [-0.39, 0.29) is 12.1 Å². The van der Waals surface area contributed by atoms with Crippen LogP contribution in [0.2, 0.25) is 0 Å². The van der Waals surface area contributed by atoms with Gasteiger partial charge >= 0.3 is 6.03 Å². The molecule has 2 amide bonds. The van der Waals surface area contributed by atoms with E-state index in [1.54, 1.807) is 23.1 Å². The van der Waals surface area contributed by atoms with Crippen LogP contribution in [-0.4, -0.2) is 21.9 Å². The number of hydrogen-bond acceptors (Lipinski definition) is 2. The van der Waals surface area contributed by atoms with E-state index in [4.69, 9.17) is 0 Å². The lowest BCUT2D eigenvalue weighted by atomic mass is 10.3. The van der Waals surface area contributed by atoms with Crippen molar-refractivity contribution in [2.45, 2.75) is 26.3 Å². The Bertz CT molecular complexity index is 613. The van der Waals surface area contributed by atoms with E-state index in [0.29, 0.717) is 5.36 Å². The summed E-state index contributed by atoms with van der Waals surface area (Å²) in [6, 6.07) is 11.3. The first-order chi connectivity index (χ1) is 9.69. The highest BCUT2D eigenvalue weighted by Crippen LogP contribution is 2.02. The first-order valence-electron chi connectivity index (χ1n) is 6.64. The second kappa shape index (κ2) is 6.65. The number of rotatable bonds is 3. The van der Waals surface area contributed by atoms with Crippen molar-refractivity contribution < 1.29 is 4.79 Å². The molecule has 0 aliphatic rings. The minimum absolute atomic E-state index is 0.122. The molecular formula is C15H18N4O. The SMILES string of the molecule is CCC(C)NC(=O)/N=c1/ccn(-c2ccccc2)nc1. The Hall–Kier alpha value is -2.43. The third kappa shape index (κ3) is 3.78. The van der Waals surface area contributed by atoms with Crippen LogP contribution in [0, 0.1) is 0 Å². The third-order valence-corrected chi connectivity index (χ3v) is 2.93. The lowest BCUT2D eigenvalue weighted by Crippen LogP contribution is -2.30. The molecule has 1 unspecified atom stereocenters. The normalized spacial score (nSPS) is 13.0. The number of benzene rings is 1. The van der Waals surface area contributed by atoms with Gasteiger partial charge in [-0.05, 0) is 31.5 Å². The average molecular weight is 270 g/mol. The molecule has 0 saturated heterocycles. The van der Waals surface area contributed by atoms with Gasteiger partial charge in [0.05, 0.1) is 17.2 Å². The summed E-state index contributed by atoms with van der Waals surface area (Å²) in [4.78, 5) is 15.6. The molecule has 1 aromatic heterocycles. The number of nitrogens with one attached hydrogen (secondary N) is 1. The van der Waals surface area contributed by atoms with Gasteiger partial charge in [-0.3, -0.25) is 0 Å². The zero-order valence-electron chi connectivity index (χ0n) is 11.7. The fourth-order valence-corrected chi connectivity index (χ4v) is 1.61. The van der Waals surface area contributed by atoms with Crippen LogP contribution in [0.1, 0.15) is 20.3 Å². The van der Waals surface area contributed by atoms with E-state index < -0.39 is 0 Å². The molecule has 0 fully saturated rings. The maximum absolute atomic E-state index is 11.6. The molecule has 1 N–H and O–H groups in total. The minimum Gasteiger partial charge on any atom is -0.334 e. The molecule has 0 spiro atoms. The molecule has 2 aromatic rings. The second-order valence-corrected chi connectivity index (χ2v) is 4.54. The summed E-state index contributed by atoms with van der Waals surface area (Å²) in [5, 5.41) is 7.57. The number of aromatic nitrogens is 2. The number of urea groups is 1. The van der Waals surface area contributed by atoms with Crippen molar-refractivity contribution in [2.75, 3.05) is 0 Å². The van der Waals surface area contributed by atoms with Crippen LogP contribution in [0.25, 0.3) is 5.69 Å². The van der Waals surface area contributed by atoms with Gasteiger partial charge in [-0.25, -0.2) is 9.48 Å². The van der Waals surface area contributed by atoms with Gasteiger partial charge in [-0.1, -0.05) is 25.1 Å². The van der Waals surface area contributed by atoms with E-state index >= 15 is 0 Å². The summed E-state index contributed by atoms with van der Waals surface area (Å²) in [6.45, 7) is 3.96. The summed E-state index contributed by atoms with van der Waals surface area (Å²) >= 11 is 0. The molecular weight excluding hydrogens is 252 g/mol. The Morgan fingerprint density at radius 2 is 2.10 bits per heavy atom. The van der Waals surface area contributed by atoms with Gasteiger partial charge in [0.1, 0.15) is 0 Å². The largest absolute Gasteiger partial charge is 0.341 e. The summed E-state index contributed by atoms with van der Waals surface area (Å²) in [5.41, 5.74) is 0.961. The molecule has 0 bridgehead atoms. The zero-order valence-corrected chi connectivity index (χ0v) is 11.7. The predicted octanol–water partition coefficient (Wildman–Crippen LogP) is 2.28. The van der Waals surface area contributed by atoms with Gasteiger partial charge in [0.25, 0.3) is 0 Å². The Labute approximate surface area is 118 Å². The van der Waals surface area contributed by atoms with E-state index in [1.807, 2.05) is 44.2 Å². The third-order valence-electron chi connectivity index (χ3n) is 2.93. The molecule has 0 aliphatic carbocycles. The molecule has 104 valence electrons. The Morgan fingerprint density at radius 3 is 2.70 bits per heavy atom. The highest BCUT2D eigenvalue weighted by atomic mass is 16.2. The maximum atomic E-state index is 11.6. The lowest BCUT2D eigenvalue weighted by molar-refractivity contribution is 0.245. The number of amides is 2. The van der Waals surface area contributed by atoms with Crippen LogP contribution >= 0.6 is 0 Å². The zero-order chi connectivity index (χ0) is 14.4. The summed E-state index contributed by atoms with van der Waals surface area (Å²) in [7, 11) is 0. The summed E-state index contributed by atoms with van der Waals surface area (Å²) in [6.07, 6.45) is 4.23. The van der Waals surface area contributed by atoms with E-state index in [1.165, 1.54) is 0 Å². The predicted molar refractivity (Wildman–Crippen MR) is 77.4 cm³/mol. The van der Waals surface area contributed by atoms with Gasteiger partial charge in [-0.15, -0.1) is 0 Å². The van der Waals surface area contributed by atoms with Crippen molar-refractivity contribution in [1.82, 2.24) is 15.1 Å². The van der Waals surface area contributed by atoms with Crippen molar-refractivity contribution in [3.63, 3.8) is 0 Å². The smallest absolute Gasteiger partial charge is 0.334 e. The van der Waals surface area contributed by atoms with Gasteiger partial charge < -0.3 is 5.32 Å². The molecule has 1 atom stereocenters. The van der Waals surface area contributed by atoms with Gasteiger partial charge in [0.15, 0.2) is 0 Å². The Balaban J connectivity index is 2.14. The quantitative estimate of drug-likeness (QED) is 0.930. The number of para-hydroxylation sites is 1. The Morgan fingerprint density at radius 1 is 1.35 bits per heavy atom. The molecule has 0 aliphatic heterocycles. The highest BCUT2D eigenvalue weighted by molar-refractivity contribution is 5.75. The fourth-order valence-electron chi connectivity index (χ4n) is 1.61. The maximum Gasteiger partial charge on any atom is 0.341 e. The molecule has 1 heterocycles. The molecule has 1 aromatic carbocycles. The van der Waals surface area contributed by atoms with Crippen molar-refractivity contribution in [3.8, 4) is 5.69 Å². The average Bonchev–Trinajstić information content (AvgIpc) is 2.48. The lowest BCUT2D eigenvalue weighted by Gasteiger charge is -2.07. The van der Waals surface area contributed by atoms with Crippen molar-refractivity contribution in [3.05, 3.63) is 54.1 Å². The van der Waals surface area contributed by atoms with Gasteiger partial charge in [0.2, 0.25) is 0 Å². The first-order valence-corrected chi connectivity index (χ1v) is 6.64. The summed E-state index contributed by atoms with van der Waals surface area (Å²) in [5.74, 6) is 0. The van der Waals surface area contributed by atoms with Crippen LogP contribution in [0.3, 0.4) is 0 Å². The van der Waals surface area contributed by atoms with Crippen molar-refractivity contribution in [1.29, 1.82) is 0 Å². The van der Waals surface area contributed by atoms with E-state index in [9.17, 15) is 4.79 Å². The first kappa shape index (κ1) is 14.0. The van der Waals surface area contributed by atoms with Crippen LogP contribution in [-0.2, 0) is 0 Å². The standard InChI is InChI=1S/C15H18N4O/c1-3-12(2)17-15(20)18-13-9-10-19(16-11-13)14-7-5-4-6-8-14/h4-12H,3H2,1-2H3,(H,17,20)/b18-13-. The molecule has 5 heteroatoms. The number of carbonyl (C=O) groups is 1. The topological polar surface area (TPSA) is 59.3 Å². The van der Waals surface area contributed by atoms with Crippen LogP contribution in [0.5, 0.6) is 0 Å². The minimum atomic E-state index is -0.335. The van der Waals surface area contributed by atoms with E-state index in [2.05, 4.69) is 15.4 Å². The second-order valence-electron chi connectivity index (χ2n) is 4.54. The fraction of sp³-hybridized carbons (Fsp3) is 0.267. The molecule has 2 rings (SSSR count). The van der Waals surface area contributed by atoms with Crippen molar-refractivity contribution in [2.24, 2.45) is 4.99 Å². The van der Waals surface area contributed by atoms with Crippen LogP contribution in [0.15, 0.2) is 53.8 Å². The Kier molecular flexibility index (Phi) is 4.65. The highest BCUT2D eigenvalue weighted by Gasteiger charge is 2.02. The van der Waals surface area contributed by atoms with Crippen LogP contribution in [0.4, 0.5) is 4.79 Å². The number of carbonyl (C=O) groups excluding carboxylic acids is 1. The molecule has 20 heavy (non-hydrogen) atoms. The molecule has 0 radical (unpaired) electrons.